The van der Waals surface area contributed by atoms with E-state index < -0.39 is 23.2 Å². The fraction of sp³-hybridized carbons (Fsp3) is 0.267. The molecule has 6 heteroatoms. The first-order valence-corrected chi connectivity index (χ1v) is 6.42. The Morgan fingerprint density at radius 2 is 1.90 bits per heavy atom. The van der Waals surface area contributed by atoms with Gasteiger partial charge in [-0.05, 0) is 36.8 Å². The predicted molar refractivity (Wildman–Crippen MR) is 73.1 cm³/mol. The smallest absolute Gasteiger partial charge is 0.374 e. The second-order valence-electron chi connectivity index (χ2n) is 4.84. The van der Waals surface area contributed by atoms with E-state index in [1.807, 2.05) is 0 Å². The van der Waals surface area contributed by atoms with Gasteiger partial charge in [-0.25, -0.2) is 0 Å². The Labute approximate surface area is 120 Å². The summed E-state index contributed by atoms with van der Waals surface area (Å²) in [6.45, 7) is 0. The first-order valence-electron chi connectivity index (χ1n) is 6.42. The highest BCUT2D eigenvalue weighted by atomic mass is 19.4. The number of halogens is 3. The van der Waals surface area contributed by atoms with Crippen molar-refractivity contribution in [2.45, 2.75) is 24.6 Å². The quantitative estimate of drug-likeness (QED) is 0.896. The van der Waals surface area contributed by atoms with E-state index in [-0.39, 0.29) is 12.8 Å². The number of hydrogen-bond donors (Lipinski definition) is 2. The Bertz CT molecular complexity index is 578. The van der Waals surface area contributed by atoms with Crippen molar-refractivity contribution < 1.29 is 18.0 Å². The van der Waals surface area contributed by atoms with Crippen LogP contribution in [0.25, 0.3) is 0 Å². The van der Waals surface area contributed by atoms with Crippen molar-refractivity contribution in [2.75, 3.05) is 0 Å². The van der Waals surface area contributed by atoms with Gasteiger partial charge in [0.25, 0.3) is 0 Å². The second-order valence-corrected chi connectivity index (χ2v) is 4.84. The summed E-state index contributed by atoms with van der Waals surface area (Å²) >= 11 is 0. The van der Waals surface area contributed by atoms with Gasteiger partial charge >= 0.3 is 6.18 Å². The Morgan fingerprint density at radius 3 is 2.48 bits per heavy atom. The molecule has 0 radical (unpaired) electrons. The van der Waals surface area contributed by atoms with E-state index in [2.05, 4.69) is 5.32 Å². The fourth-order valence-electron chi connectivity index (χ4n) is 2.41. The Morgan fingerprint density at radius 1 is 1.24 bits per heavy atom. The largest absolute Gasteiger partial charge is 0.415 e. The molecule has 1 aromatic rings. The predicted octanol–water partition coefficient (Wildman–Crippen LogP) is 2.45. The van der Waals surface area contributed by atoms with Gasteiger partial charge in [0, 0.05) is 0 Å². The molecular formula is C15H15F3N2O. The molecular weight excluding hydrogens is 281 g/mol. The van der Waals surface area contributed by atoms with E-state index >= 15 is 0 Å². The van der Waals surface area contributed by atoms with Gasteiger partial charge < -0.3 is 11.1 Å². The molecule has 1 atom stereocenters. The number of nitrogens with two attached hydrogens (primary N) is 1. The van der Waals surface area contributed by atoms with Crippen LogP contribution in [0.1, 0.15) is 12.0 Å². The topological polar surface area (TPSA) is 55.1 Å². The molecule has 0 fully saturated rings. The summed E-state index contributed by atoms with van der Waals surface area (Å²) in [6.07, 6.45) is -1.12. The van der Waals surface area contributed by atoms with Crippen LogP contribution in [0, 0.1) is 0 Å². The molecule has 0 aromatic heterocycles. The SMILES string of the molecule is NC(=O)C1=CC=CNC1(CCc1ccccc1)C(F)(F)F. The highest BCUT2D eigenvalue weighted by Gasteiger charge is 2.58. The number of aryl methyl sites for hydroxylation is 1. The van der Waals surface area contributed by atoms with Crippen molar-refractivity contribution in [3.8, 4) is 0 Å². The van der Waals surface area contributed by atoms with Crippen LogP contribution in [-0.2, 0) is 11.2 Å². The number of hydrogen-bond acceptors (Lipinski definition) is 2. The van der Waals surface area contributed by atoms with E-state index in [0.717, 1.165) is 11.6 Å². The van der Waals surface area contributed by atoms with E-state index in [1.54, 1.807) is 30.3 Å². The average molecular weight is 296 g/mol. The number of nitrogens with one attached hydrogen (secondary N) is 1. The van der Waals surface area contributed by atoms with Gasteiger partial charge in [0.2, 0.25) is 5.91 Å². The molecule has 0 saturated heterocycles. The Balaban J connectivity index is 2.33. The van der Waals surface area contributed by atoms with Crippen LogP contribution in [0.2, 0.25) is 0 Å². The third-order valence-corrected chi connectivity index (χ3v) is 3.53. The lowest BCUT2D eigenvalue weighted by molar-refractivity contribution is -0.185. The normalized spacial score (nSPS) is 21.6. The number of allylic oxidation sites excluding steroid dienone is 2. The number of primary amides is 1. The standard InChI is InChI=1S/C15H15F3N2O/c16-15(17,18)14(9-8-11-5-2-1-3-6-11)12(13(19)21)7-4-10-20-14/h1-7,10,20H,8-9H2,(H2,19,21). The van der Waals surface area contributed by atoms with Gasteiger partial charge in [0.05, 0.1) is 5.57 Å². The molecule has 0 saturated carbocycles. The van der Waals surface area contributed by atoms with Crippen molar-refractivity contribution in [3.05, 3.63) is 59.8 Å². The summed E-state index contributed by atoms with van der Waals surface area (Å²) in [5, 5.41) is 2.30. The number of dihydropyridines is 1. The maximum Gasteiger partial charge on any atom is 0.415 e. The molecule has 1 aromatic carbocycles. The highest BCUT2D eigenvalue weighted by Crippen LogP contribution is 2.41. The first kappa shape index (κ1) is 15.2. The zero-order chi connectivity index (χ0) is 15.5. The minimum atomic E-state index is -4.63. The summed E-state index contributed by atoms with van der Waals surface area (Å²) in [7, 11) is 0. The van der Waals surface area contributed by atoms with Crippen molar-refractivity contribution >= 4 is 5.91 Å². The maximum absolute atomic E-state index is 13.6. The maximum atomic E-state index is 13.6. The van der Waals surface area contributed by atoms with E-state index in [0.29, 0.717) is 0 Å². The lowest BCUT2D eigenvalue weighted by Crippen LogP contribution is -2.59. The monoisotopic (exact) mass is 296 g/mol. The number of carbonyl (C=O) groups is 1. The lowest BCUT2D eigenvalue weighted by Gasteiger charge is -2.38. The number of benzene rings is 1. The molecule has 1 unspecified atom stereocenters. The van der Waals surface area contributed by atoms with Gasteiger partial charge in [-0.1, -0.05) is 30.3 Å². The minimum Gasteiger partial charge on any atom is -0.374 e. The third kappa shape index (κ3) is 2.94. The molecule has 3 nitrogen and oxygen atoms in total. The summed E-state index contributed by atoms with van der Waals surface area (Å²) in [4.78, 5) is 11.4. The van der Waals surface area contributed by atoms with Crippen LogP contribution >= 0.6 is 0 Å². The van der Waals surface area contributed by atoms with Crippen LogP contribution in [0.5, 0.6) is 0 Å². The molecule has 1 amide bonds. The molecule has 1 aliphatic heterocycles. The van der Waals surface area contributed by atoms with Crippen LogP contribution < -0.4 is 11.1 Å². The number of rotatable bonds is 4. The number of carbonyl (C=O) groups excluding carboxylic acids is 1. The summed E-state index contributed by atoms with van der Waals surface area (Å²) in [6, 6.07) is 8.80. The summed E-state index contributed by atoms with van der Waals surface area (Å²) in [5.41, 5.74) is 2.99. The average Bonchev–Trinajstić information content (AvgIpc) is 2.45. The Kier molecular flexibility index (Phi) is 4.06. The number of amides is 1. The van der Waals surface area contributed by atoms with Crippen LogP contribution in [0.4, 0.5) is 13.2 Å². The Hall–Kier alpha value is -2.24. The third-order valence-electron chi connectivity index (χ3n) is 3.53. The molecule has 112 valence electrons. The van der Waals surface area contributed by atoms with Crippen LogP contribution in [0.3, 0.4) is 0 Å². The molecule has 1 heterocycles. The zero-order valence-corrected chi connectivity index (χ0v) is 11.2. The fourth-order valence-corrected chi connectivity index (χ4v) is 2.41. The van der Waals surface area contributed by atoms with Crippen LogP contribution in [-0.4, -0.2) is 17.6 Å². The van der Waals surface area contributed by atoms with Gasteiger partial charge in [0.1, 0.15) is 0 Å². The summed E-state index contributed by atoms with van der Waals surface area (Å²) < 4.78 is 40.7. The molecule has 3 N–H and O–H groups in total. The van der Waals surface area contributed by atoms with E-state index in [1.165, 1.54) is 12.3 Å². The van der Waals surface area contributed by atoms with Crippen molar-refractivity contribution in [1.29, 1.82) is 0 Å². The molecule has 0 aliphatic carbocycles. The molecule has 21 heavy (non-hydrogen) atoms. The molecule has 0 bridgehead atoms. The van der Waals surface area contributed by atoms with Crippen molar-refractivity contribution in [1.82, 2.24) is 5.32 Å². The van der Waals surface area contributed by atoms with Gasteiger partial charge in [-0.2, -0.15) is 13.2 Å². The molecule has 2 rings (SSSR count). The second kappa shape index (κ2) is 5.63. The van der Waals surface area contributed by atoms with E-state index in [4.69, 9.17) is 5.73 Å². The minimum absolute atomic E-state index is 0.172. The van der Waals surface area contributed by atoms with Crippen molar-refractivity contribution in [2.24, 2.45) is 5.73 Å². The van der Waals surface area contributed by atoms with Gasteiger partial charge in [0.15, 0.2) is 5.54 Å². The molecule has 1 aliphatic rings. The van der Waals surface area contributed by atoms with Gasteiger partial charge in [-0.15, -0.1) is 0 Å². The summed E-state index contributed by atoms with van der Waals surface area (Å²) in [5.74, 6) is -1.07. The van der Waals surface area contributed by atoms with Gasteiger partial charge in [-0.3, -0.25) is 4.79 Å². The van der Waals surface area contributed by atoms with Crippen molar-refractivity contribution in [3.63, 3.8) is 0 Å². The van der Waals surface area contributed by atoms with Crippen LogP contribution in [0.15, 0.2) is 54.3 Å². The lowest BCUT2D eigenvalue weighted by atomic mass is 9.81. The van der Waals surface area contributed by atoms with E-state index in [9.17, 15) is 18.0 Å². The molecule has 0 spiro atoms. The first-order chi connectivity index (χ1) is 9.87. The zero-order valence-electron chi connectivity index (χ0n) is 11.2. The highest BCUT2D eigenvalue weighted by molar-refractivity contribution is 5.95. The number of alkyl halides is 3.